The predicted octanol–water partition coefficient (Wildman–Crippen LogP) is 6.62. The molecule has 0 bridgehead atoms. The summed E-state index contributed by atoms with van der Waals surface area (Å²) in [6.45, 7) is 7.43. The maximum atomic E-state index is 13.2. The standard InChI is InChI=1S/C32H32ClN3O6S/c1-4-35(5-2)24-14-12-22(27(18-24)42-20-21-10-8-7-9-11-21)16-28-30(38)36(32(40)43-28)19-29(37)34-23-13-15-26(33)25(17-23)31(39)41-6-3/h7-18H,4-6,19-20H2,1-3H3,(H,34,37)/b28-16+. The van der Waals surface area contributed by atoms with Gasteiger partial charge in [-0.2, -0.15) is 0 Å². The van der Waals surface area contributed by atoms with Crippen LogP contribution in [-0.4, -0.2) is 54.2 Å². The number of imide groups is 1. The first-order valence-corrected chi connectivity index (χ1v) is 15.0. The second kappa shape index (κ2) is 14.8. The van der Waals surface area contributed by atoms with Crippen molar-refractivity contribution in [3.05, 3.63) is 93.3 Å². The number of anilines is 2. The number of hydrogen-bond donors (Lipinski definition) is 1. The number of nitrogens with zero attached hydrogens (tertiary/aromatic N) is 2. The Morgan fingerprint density at radius 2 is 1.74 bits per heavy atom. The number of carbonyl (C=O) groups excluding carboxylic acids is 4. The molecule has 224 valence electrons. The van der Waals surface area contributed by atoms with E-state index in [1.165, 1.54) is 18.2 Å². The van der Waals surface area contributed by atoms with Crippen LogP contribution in [0.4, 0.5) is 16.2 Å². The van der Waals surface area contributed by atoms with Crippen molar-refractivity contribution in [1.29, 1.82) is 0 Å². The average Bonchev–Trinajstić information content (AvgIpc) is 3.26. The Kier molecular flexibility index (Phi) is 10.9. The van der Waals surface area contributed by atoms with Gasteiger partial charge in [-0.1, -0.05) is 41.9 Å². The molecule has 1 aliphatic heterocycles. The number of ether oxygens (including phenoxy) is 2. The highest BCUT2D eigenvalue weighted by atomic mass is 35.5. The van der Waals surface area contributed by atoms with E-state index in [0.29, 0.717) is 17.9 Å². The fraction of sp³-hybridized carbons (Fsp3) is 0.250. The zero-order chi connectivity index (χ0) is 30.9. The van der Waals surface area contributed by atoms with Crippen molar-refractivity contribution in [3.63, 3.8) is 0 Å². The fourth-order valence-corrected chi connectivity index (χ4v) is 5.40. The van der Waals surface area contributed by atoms with Crippen LogP contribution < -0.4 is 15.0 Å². The number of benzene rings is 3. The Morgan fingerprint density at radius 1 is 1.00 bits per heavy atom. The van der Waals surface area contributed by atoms with Crippen molar-refractivity contribution in [2.24, 2.45) is 0 Å². The van der Waals surface area contributed by atoms with E-state index >= 15 is 0 Å². The van der Waals surface area contributed by atoms with Gasteiger partial charge in [-0.3, -0.25) is 19.3 Å². The highest BCUT2D eigenvalue weighted by Crippen LogP contribution is 2.35. The number of rotatable bonds is 12. The number of thioether (sulfide) groups is 1. The van der Waals surface area contributed by atoms with E-state index in [0.717, 1.165) is 41.0 Å². The van der Waals surface area contributed by atoms with E-state index in [1.54, 1.807) is 13.0 Å². The lowest BCUT2D eigenvalue weighted by Crippen LogP contribution is -2.36. The average molecular weight is 622 g/mol. The van der Waals surface area contributed by atoms with E-state index in [9.17, 15) is 19.2 Å². The van der Waals surface area contributed by atoms with E-state index in [2.05, 4.69) is 24.1 Å². The molecule has 4 rings (SSSR count). The van der Waals surface area contributed by atoms with E-state index < -0.39 is 29.6 Å². The van der Waals surface area contributed by atoms with Crippen LogP contribution in [0, 0.1) is 0 Å². The number of esters is 1. The van der Waals surface area contributed by atoms with Crippen molar-refractivity contribution in [1.82, 2.24) is 4.90 Å². The second-order valence-electron chi connectivity index (χ2n) is 9.40. The maximum absolute atomic E-state index is 13.2. The number of nitrogens with one attached hydrogen (secondary N) is 1. The molecule has 0 atom stereocenters. The van der Waals surface area contributed by atoms with Gasteiger partial charge < -0.3 is 19.7 Å². The van der Waals surface area contributed by atoms with Gasteiger partial charge in [0.25, 0.3) is 11.1 Å². The van der Waals surface area contributed by atoms with Crippen molar-refractivity contribution in [3.8, 4) is 5.75 Å². The summed E-state index contributed by atoms with van der Waals surface area (Å²) in [6.07, 6.45) is 1.61. The quantitative estimate of drug-likeness (QED) is 0.178. The summed E-state index contributed by atoms with van der Waals surface area (Å²) in [5.74, 6) is -1.26. The molecule has 9 nitrogen and oxygen atoms in total. The van der Waals surface area contributed by atoms with Crippen LogP contribution in [0.5, 0.6) is 5.75 Å². The zero-order valence-electron chi connectivity index (χ0n) is 24.1. The molecule has 3 aromatic rings. The molecule has 0 saturated carbocycles. The van der Waals surface area contributed by atoms with Gasteiger partial charge >= 0.3 is 5.97 Å². The molecule has 1 aliphatic rings. The third-order valence-corrected chi connectivity index (χ3v) is 7.81. The van der Waals surface area contributed by atoms with Crippen LogP contribution in [0.1, 0.15) is 42.3 Å². The van der Waals surface area contributed by atoms with Gasteiger partial charge in [0.15, 0.2) is 0 Å². The summed E-state index contributed by atoms with van der Waals surface area (Å²) in [6, 6.07) is 19.8. The van der Waals surface area contributed by atoms with Gasteiger partial charge in [0, 0.05) is 36.1 Å². The first-order valence-electron chi connectivity index (χ1n) is 13.8. The molecule has 43 heavy (non-hydrogen) atoms. The van der Waals surface area contributed by atoms with Crippen LogP contribution in [0.3, 0.4) is 0 Å². The van der Waals surface area contributed by atoms with Gasteiger partial charge in [0.1, 0.15) is 18.9 Å². The lowest BCUT2D eigenvalue weighted by Gasteiger charge is -2.22. The summed E-state index contributed by atoms with van der Waals surface area (Å²) in [5, 5.41) is 2.21. The summed E-state index contributed by atoms with van der Waals surface area (Å²) in [7, 11) is 0. The van der Waals surface area contributed by atoms with E-state index in [-0.39, 0.29) is 27.8 Å². The summed E-state index contributed by atoms with van der Waals surface area (Å²) in [5.41, 5.74) is 2.96. The minimum Gasteiger partial charge on any atom is -0.488 e. The fourth-order valence-electron chi connectivity index (χ4n) is 4.38. The Morgan fingerprint density at radius 3 is 2.44 bits per heavy atom. The third kappa shape index (κ3) is 7.97. The SMILES string of the molecule is CCOC(=O)c1cc(NC(=O)CN2C(=O)S/C(=C/c3ccc(N(CC)CC)cc3OCc3ccccc3)C2=O)ccc1Cl. The Hall–Kier alpha value is -4.28. The molecule has 1 N–H and O–H groups in total. The van der Waals surface area contributed by atoms with Crippen molar-refractivity contribution < 1.29 is 28.7 Å². The lowest BCUT2D eigenvalue weighted by molar-refractivity contribution is -0.127. The van der Waals surface area contributed by atoms with E-state index in [1.807, 2.05) is 48.5 Å². The number of hydrogen-bond acceptors (Lipinski definition) is 8. The minimum absolute atomic E-state index is 0.0905. The normalized spacial score (nSPS) is 13.8. The highest BCUT2D eigenvalue weighted by molar-refractivity contribution is 8.18. The lowest BCUT2D eigenvalue weighted by atomic mass is 10.1. The zero-order valence-corrected chi connectivity index (χ0v) is 25.7. The van der Waals surface area contributed by atoms with Gasteiger partial charge in [-0.05, 0) is 74.5 Å². The molecule has 1 fully saturated rings. The topological polar surface area (TPSA) is 105 Å². The molecule has 0 unspecified atom stereocenters. The molecule has 3 amide bonds. The van der Waals surface area contributed by atoms with Crippen LogP contribution in [0.25, 0.3) is 6.08 Å². The van der Waals surface area contributed by atoms with Crippen LogP contribution in [0.15, 0.2) is 71.6 Å². The maximum Gasteiger partial charge on any atom is 0.339 e. The predicted molar refractivity (Wildman–Crippen MR) is 169 cm³/mol. The Bertz CT molecular complexity index is 1540. The molecular formula is C32H32ClN3O6S. The van der Waals surface area contributed by atoms with Crippen LogP contribution in [-0.2, 0) is 20.9 Å². The van der Waals surface area contributed by atoms with Crippen molar-refractivity contribution in [2.75, 3.05) is 36.5 Å². The molecule has 1 heterocycles. The molecule has 1 saturated heterocycles. The summed E-state index contributed by atoms with van der Waals surface area (Å²) in [4.78, 5) is 54.2. The molecule has 3 aromatic carbocycles. The third-order valence-electron chi connectivity index (χ3n) is 6.57. The van der Waals surface area contributed by atoms with Gasteiger partial charge in [-0.25, -0.2) is 4.79 Å². The summed E-state index contributed by atoms with van der Waals surface area (Å²) < 4.78 is 11.2. The van der Waals surface area contributed by atoms with Crippen LogP contribution >= 0.6 is 23.4 Å². The van der Waals surface area contributed by atoms with Crippen molar-refractivity contribution in [2.45, 2.75) is 27.4 Å². The largest absolute Gasteiger partial charge is 0.488 e. The number of amides is 3. The van der Waals surface area contributed by atoms with Gasteiger partial charge in [-0.15, -0.1) is 0 Å². The van der Waals surface area contributed by atoms with Crippen LogP contribution in [0.2, 0.25) is 5.02 Å². The van der Waals surface area contributed by atoms with Gasteiger partial charge in [0.05, 0.1) is 22.1 Å². The molecule has 0 radical (unpaired) electrons. The summed E-state index contributed by atoms with van der Waals surface area (Å²) >= 11 is 6.85. The molecular weight excluding hydrogens is 590 g/mol. The molecule has 0 spiro atoms. The number of halogens is 1. The smallest absolute Gasteiger partial charge is 0.339 e. The Labute approximate surface area is 259 Å². The first-order chi connectivity index (χ1) is 20.7. The highest BCUT2D eigenvalue weighted by Gasteiger charge is 2.36. The Balaban J connectivity index is 1.51. The van der Waals surface area contributed by atoms with E-state index in [4.69, 9.17) is 21.1 Å². The minimum atomic E-state index is -0.628. The van der Waals surface area contributed by atoms with Crippen molar-refractivity contribution >= 4 is 63.8 Å². The van der Waals surface area contributed by atoms with Gasteiger partial charge in [0.2, 0.25) is 5.91 Å². The number of carbonyl (C=O) groups is 4. The monoisotopic (exact) mass is 621 g/mol. The molecule has 11 heteroatoms. The molecule has 0 aliphatic carbocycles. The second-order valence-corrected chi connectivity index (χ2v) is 10.8. The first kappa shape index (κ1) is 31.7. The molecule has 0 aromatic heterocycles.